The molecular formula is C19H11Cl2N5O2. The third-order valence-electron chi connectivity index (χ3n) is 4.19. The summed E-state index contributed by atoms with van der Waals surface area (Å²) in [5, 5.41) is 20.8. The summed E-state index contributed by atoms with van der Waals surface area (Å²) in [6.07, 6.45) is 1.26. The van der Waals surface area contributed by atoms with Crippen LogP contribution in [-0.2, 0) is 6.54 Å². The average molecular weight is 412 g/mol. The minimum Gasteiger partial charge on any atom is -0.509 e. The van der Waals surface area contributed by atoms with E-state index in [-0.39, 0.29) is 34.1 Å². The third kappa shape index (κ3) is 3.09. The highest BCUT2D eigenvalue weighted by molar-refractivity contribution is 6.38. The van der Waals surface area contributed by atoms with Gasteiger partial charge in [-0.15, -0.1) is 0 Å². The van der Waals surface area contributed by atoms with Gasteiger partial charge in [0.15, 0.2) is 5.82 Å². The minimum atomic E-state index is -0.442. The lowest BCUT2D eigenvalue weighted by molar-refractivity contribution is 0.376. The van der Waals surface area contributed by atoms with Gasteiger partial charge in [0.25, 0.3) is 5.56 Å². The van der Waals surface area contributed by atoms with E-state index < -0.39 is 5.56 Å². The van der Waals surface area contributed by atoms with Crippen LogP contribution in [-0.4, -0.2) is 24.6 Å². The summed E-state index contributed by atoms with van der Waals surface area (Å²) in [5.41, 5.74) is 1.20. The molecule has 7 nitrogen and oxygen atoms in total. The summed E-state index contributed by atoms with van der Waals surface area (Å²) in [6.45, 7) is -0.258. The van der Waals surface area contributed by atoms with Crippen LogP contribution in [0.2, 0.25) is 10.0 Å². The van der Waals surface area contributed by atoms with Gasteiger partial charge in [-0.2, -0.15) is 5.26 Å². The van der Waals surface area contributed by atoms with Crippen molar-refractivity contribution in [2.45, 2.75) is 6.54 Å². The van der Waals surface area contributed by atoms with Gasteiger partial charge in [-0.1, -0.05) is 35.3 Å². The average Bonchev–Trinajstić information content (AvgIpc) is 3.08. The van der Waals surface area contributed by atoms with E-state index in [1.54, 1.807) is 6.07 Å². The standard InChI is InChI=1S/C19H11Cl2N5O2/c20-10-5-11-17(13(21)6-10)23-9-26(19(11)28)8-16(27)12(7-22)18-24-14-3-1-2-4-15(14)25-18/h1-6,9,27H,8H2,(H,24,25)/b16-12-. The molecule has 0 spiro atoms. The first kappa shape index (κ1) is 18.0. The molecule has 9 heteroatoms. The minimum absolute atomic E-state index is 0.0627. The molecule has 138 valence electrons. The largest absolute Gasteiger partial charge is 0.509 e. The van der Waals surface area contributed by atoms with E-state index >= 15 is 0 Å². The molecule has 0 amide bonds. The Labute approximate surface area is 168 Å². The molecule has 0 saturated carbocycles. The molecule has 0 aliphatic carbocycles. The number of benzene rings is 2. The highest BCUT2D eigenvalue weighted by Crippen LogP contribution is 2.24. The van der Waals surface area contributed by atoms with E-state index in [4.69, 9.17) is 23.2 Å². The Morgan fingerprint density at radius 1 is 1.29 bits per heavy atom. The summed E-state index contributed by atoms with van der Waals surface area (Å²) < 4.78 is 1.17. The zero-order valence-electron chi connectivity index (χ0n) is 14.1. The topological polar surface area (TPSA) is 108 Å². The predicted molar refractivity (Wildman–Crippen MR) is 107 cm³/mol. The van der Waals surface area contributed by atoms with Crippen LogP contribution >= 0.6 is 23.2 Å². The van der Waals surface area contributed by atoms with Crippen molar-refractivity contribution in [3.63, 3.8) is 0 Å². The Morgan fingerprint density at radius 2 is 2.07 bits per heavy atom. The summed E-state index contributed by atoms with van der Waals surface area (Å²) in [5.74, 6) is -0.105. The number of nitriles is 1. The quantitative estimate of drug-likeness (QED) is 0.390. The second-order valence-electron chi connectivity index (χ2n) is 6.00. The number of nitrogens with one attached hydrogen (secondary N) is 1. The van der Waals surface area contributed by atoms with E-state index in [2.05, 4.69) is 15.0 Å². The van der Waals surface area contributed by atoms with Gasteiger partial charge in [-0.3, -0.25) is 9.36 Å². The first-order chi connectivity index (χ1) is 13.5. The number of nitrogens with zero attached hydrogens (tertiary/aromatic N) is 4. The van der Waals surface area contributed by atoms with Crippen LogP contribution in [0.1, 0.15) is 5.82 Å². The first-order valence-electron chi connectivity index (χ1n) is 8.09. The van der Waals surface area contributed by atoms with Gasteiger partial charge in [0.1, 0.15) is 17.4 Å². The number of imidazole rings is 1. The molecule has 0 aliphatic heterocycles. The number of aliphatic hydroxyl groups is 1. The van der Waals surface area contributed by atoms with E-state index in [1.165, 1.54) is 23.0 Å². The number of aromatic amines is 1. The van der Waals surface area contributed by atoms with Crippen LogP contribution in [0.4, 0.5) is 0 Å². The second-order valence-corrected chi connectivity index (χ2v) is 6.84. The molecule has 0 radical (unpaired) electrons. The van der Waals surface area contributed by atoms with Crippen molar-refractivity contribution in [1.82, 2.24) is 19.5 Å². The summed E-state index contributed by atoms with van der Waals surface area (Å²) >= 11 is 12.0. The Morgan fingerprint density at radius 3 is 2.82 bits per heavy atom. The molecule has 4 aromatic rings. The maximum absolute atomic E-state index is 12.7. The van der Waals surface area contributed by atoms with Crippen molar-refractivity contribution >= 4 is 50.7 Å². The van der Waals surface area contributed by atoms with Crippen LogP contribution < -0.4 is 5.56 Å². The lowest BCUT2D eigenvalue weighted by Crippen LogP contribution is -2.22. The molecule has 0 aliphatic rings. The van der Waals surface area contributed by atoms with Gasteiger partial charge in [0.05, 0.1) is 39.8 Å². The number of rotatable bonds is 3. The monoisotopic (exact) mass is 411 g/mol. The number of hydrogen-bond donors (Lipinski definition) is 2. The number of fused-ring (bicyclic) bond motifs is 2. The van der Waals surface area contributed by atoms with Crippen LogP contribution in [0, 0.1) is 11.3 Å². The molecule has 4 rings (SSSR count). The molecule has 0 bridgehead atoms. The van der Waals surface area contributed by atoms with Crippen molar-refractivity contribution in [3.05, 3.63) is 74.7 Å². The summed E-state index contributed by atoms with van der Waals surface area (Å²) in [7, 11) is 0. The van der Waals surface area contributed by atoms with Crippen LogP contribution in [0.3, 0.4) is 0 Å². The Bertz CT molecular complexity index is 1330. The molecule has 2 N–H and O–H groups in total. The van der Waals surface area contributed by atoms with E-state index in [0.29, 0.717) is 16.1 Å². The number of aromatic nitrogens is 4. The van der Waals surface area contributed by atoms with Gasteiger partial charge >= 0.3 is 0 Å². The smallest absolute Gasteiger partial charge is 0.261 e. The van der Waals surface area contributed by atoms with Gasteiger partial charge in [-0.25, -0.2) is 9.97 Å². The van der Waals surface area contributed by atoms with Crippen molar-refractivity contribution < 1.29 is 5.11 Å². The van der Waals surface area contributed by atoms with Crippen LogP contribution in [0.5, 0.6) is 0 Å². The van der Waals surface area contributed by atoms with Gasteiger partial charge in [-0.05, 0) is 24.3 Å². The molecule has 0 fully saturated rings. The van der Waals surface area contributed by atoms with Crippen LogP contribution in [0.15, 0.2) is 53.3 Å². The fourth-order valence-corrected chi connectivity index (χ4v) is 3.42. The van der Waals surface area contributed by atoms with Gasteiger partial charge in [0, 0.05) is 5.02 Å². The normalized spacial score (nSPS) is 12.2. The molecule has 0 atom stereocenters. The maximum atomic E-state index is 12.7. The van der Waals surface area contributed by atoms with Crippen LogP contribution in [0.25, 0.3) is 27.5 Å². The number of halogens is 2. The Balaban J connectivity index is 1.79. The zero-order chi connectivity index (χ0) is 19.8. The number of H-pyrrole nitrogens is 1. The molecule has 2 heterocycles. The molecule has 0 unspecified atom stereocenters. The van der Waals surface area contributed by atoms with Crippen molar-refractivity contribution in [3.8, 4) is 6.07 Å². The highest BCUT2D eigenvalue weighted by atomic mass is 35.5. The lowest BCUT2D eigenvalue weighted by atomic mass is 10.2. The van der Waals surface area contributed by atoms with Gasteiger partial charge < -0.3 is 10.1 Å². The van der Waals surface area contributed by atoms with Crippen molar-refractivity contribution in [1.29, 1.82) is 5.26 Å². The fourth-order valence-electron chi connectivity index (χ4n) is 2.87. The number of hydrogen-bond acceptors (Lipinski definition) is 5. The van der Waals surface area contributed by atoms with Crippen molar-refractivity contribution in [2.75, 3.05) is 0 Å². The van der Waals surface area contributed by atoms with E-state index in [9.17, 15) is 15.2 Å². The van der Waals surface area contributed by atoms with Crippen molar-refractivity contribution in [2.24, 2.45) is 0 Å². The zero-order valence-corrected chi connectivity index (χ0v) is 15.7. The van der Waals surface area contributed by atoms with E-state index in [1.807, 2.05) is 24.3 Å². The molecule has 2 aromatic carbocycles. The molecule has 28 heavy (non-hydrogen) atoms. The number of para-hydroxylation sites is 2. The number of allylic oxidation sites excluding steroid dienone is 2. The predicted octanol–water partition coefficient (Wildman–Crippen LogP) is 4.07. The SMILES string of the molecule is N#C/C(=C(/O)Cn1cnc2c(Cl)cc(Cl)cc2c1=O)c1nc2ccccc2[nH]1. The van der Waals surface area contributed by atoms with E-state index in [0.717, 1.165) is 5.52 Å². The summed E-state index contributed by atoms with van der Waals surface area (Å²) in [6, 6.07) is 12.1. The molecule has 0 saturated heterocycles. The Kier molecular flexibility index (Phi) is 4.51. The highest BCUT2D eigenvalue weighted by Gasteiger charge is 2.15. The first-order valence-corrected chi connectivity index (χ1v) is 8.85. The molecule has 2 aromatic heterocycles. The van der Waals surface area contributed by atoms with Gasteiger partial charge in [0.2, 0.25) is 0 Å². The second kappa shape index (κ2) is 7.00. The lowest BCUT2D eigenvalue weighted by Gasteiger charge is -2.08. The maximum Gasteiger partial charge on any atom is 0.261 e. The molecular weight excluding hydrogens is 401 g/mol. The Hall–Kier alpha value is -3.34. The number of aliphatic hydroxyl groups excluding tert-OH is 1. The fraction of sp³-hybridized carbons (Fsp3) is 0.0526. The summed E-state index contributed by atoms with van der Waals surface area (Å²) in [4.78, 5) is 24.2. The third-order valence-corrected chi connectivity index (χ3v) is 4.70.